The maximum absolute atomic E-state index is 11.6. The van der Waals surface area contributed by atoms with Crippen LogP contribution in [0.25, 0.3) is 32.3 Å². The van der Waals surface area contributed by atoms with Gasteiger partial charge in [0, 0.05) is 5.39 Å². The second-order valence-corrected chi connectivity index (χ2v) is 6.70. The molecule has 0 aliphatic rings. The van der Waals surface area contributed by atoms with Crippen molar-refractivity contribution in [3.8, 4) is 0 Å². The second kappa shape index (κ2) is 4.53. The summed E-state index contributed by atoms with van der Waals surface area (Å²) in [7, 11) is -4.24. The first-order valence-electron chi connectivity index (χ1n) is 6.86. The van der Waals surface area contributed by atoms with Crippen molar-refractivity contribution >= 4 is 42.4 Å². The zero-order valence-corrected chi connectivity index (χ0v) is 12.3. The van der Waals surface area contributed by atoms with Gasteiger partial charge in [0.25, 0.3) is 10.1 Å². The zero-order chi connectivity index (χ0) is 15.3. The van der Waals surface area contributed by atoms with Crippen LogP contribution in [0.5, 0.6) is 0 Å². The number of rotatable bonds is 1. The maximum atomic E-state index is 11.6. The standard InChI is InChI=1S/C18H12O3S/c19-22(20,21)18-7-3-6-15-16(18)9-8-14-10-12-4-1-2-5-13(12)11-17(14)15/h1-11H,(H,19,20,21). The molecule has 0 aliphatic carbocycles. The fourth-order valence-electron chi connectivity index (χ4n) is 2.98. The lowest BCUT2D eigenvalue weighted by Gasteiger charge is -2.08. The first-order valence-corrected chi connectivity index (χ1v) is 8.30. The van der Waals surface area contributed by atoms with E-state index in [-0.39, 0.29) is 4.90 Å². The van der Waals surface area contributed by atoms with Gasteiger partial charge in [-0.15, -0.1) is 0 Å². The van der Waals surface area contributed by atoms with E-state index in [9.17, 15) is 13.0 Å². The molecule has 4 rings (SSSR count). The van der Waals surface area contributed by atoms with E-state index in [0.29, 0.717) is 5.39 Å². The van der Waals surface area contributed by atoms with E-state index in [1.54, 1.807) is 12.1 Å². The summed E-state index contributed by atoms with van der Waals surface area (Å²) < 4.78 is 32.5. The molecule has 0 aliphatic heterocycles. The van der Waals surface area contributed by atoms with E-state index in [1.165, 1.54) is 6.07 Å². The second-order valence-electron chi connectivity index (χ2n) is 5.31. The lowest BCUT2D eigenvalue weighted by Crippen LogP contribution is -1.98. The molecular weight excluding hydrogens is 296 g/mol. The monoisotopic (exact) mass is 308 g/mol. The molecule has 4 aromatic rings. The fourth-order valence-corrected chi connectivity index (χ4v) is 3.68. The molecule has 22 heavy (non-hydrogen) atoms. The summed E-state index contributed by atoms with van der Waals surface area (Å²) in [4.78, 5) is -0.0555. The molecular formula is C18H12O3S. The Morgan fingerprint density at radius 3 is 2.09 bits per heavy atom. The van der Waals surface area contributed by atoms with Gasteiger partial charge in [-0.05, 0) is 45.1 Å². The highest BCUT2D eigenvalue weighted by molar-refractivity contribution is 7.86. The molecule has 0 spiro atoms. The SMILES string of the molecule is O=S(=O)(O)c1cccc2c1ccc1cc3ccccc3cc12. The maximum Gasteiger partial charge on any atom is 0.295 e. The molecule has 4 aromatic carbocycles. The molecule has 0 saturated heterocycles. The van der Waals surface area contributed by atoms with Crippen molar-refractivity contribution in [1.82, 2.24) is 0 Å². The van der Waals surface area contributed by atoms with Crippen LogP contribution in [0.15, 0.2) is 71.6 Å². The molecule has 0 fully saturated rings. The highest BCUT2D eigenvalue weighted by Crippen LogP contribution is 2.32. The molecule has 0 radical (unpaired) electrons. The molecule has 4 heteroatoms. The van der Waals surface area contributed by atoms with Gasteiger partial charge in [0.2, 0.25) is 0 Å². The summed E-state index contributed by atoms with van der Waals surface area (Å²) in [5.74, 6) is 0. The molecule has 0 heterocycles. The van der Waals surface area contributed by atoms with Crippen molar-refractivity contribution in [2.24, 2.45) is 0 Å². The molecule has 3 nitrogen and oxygen atoms in total. The number of hydrogen-bond acceptors (Lipinski definition) is 2. The first-order chi connectivity index (χ1) is 10.5. The normalized spacial score (nSPS) is 12.2. The van der Waals surface area contributed by atoms with Crippen molar-refractivity contribution in [1.29, 1.82) is 0 Å². The van der Waals surface area contributed by atoms with Gasteiger partial charge in [0.1, 0.15) is 4.90 Å². The van der Waals surface area contributed by atoms with Crippen LogP contribution in [0, 0.1) is 0 Å². The van der Waals surface area contributed by atoms with E-state index in [2.05, 4.69) is 12.1 Å². The Hall–Kier alpha value is -2.43. The average Bonchev–Trinajstić information content (AvgIpc) is 2.51. The van der Waals surface area contributed by atoms with Crippen molar-refractivity contribution in [3.63, 3.8) is 0 Å². The summed E-state index contributed by atoms with van der Waals surface area (Å²) in [6.45, 7) is 0. The van der Waals surface area contributed by atoms with Crippen molar-refractivity contribution in [2.45, 2.75) is 4.90 Å². The van der Waals surface area contributed by atoms with Crippen LogP contribution in [0.1, 0.15) is 0 Å². The average molecular weight is 308 g/mol. The van der Waals surface area contributed by atoms with Gasteiger partial charge in [0.15, 0.2) is 0 Å². The van der Waals surface area contributed by atoms with Crippen LogP contribution in [0.2, 0.25) is 0 Å². The number of fused-ring (bicyclic) bond motifs is 4. The predicted octanol–water partition coefficient (Wildman–Crippen LogP) is 4.39. The lowest BCUT2D eigenvalue weighted by atomic mass is 9.98. The van der Waals surface area contributed by atoms with E-state index in [0.717, 1.165) is 26.9 Å². The third-order valence-electron chi connectivity index (χ3n) is 3.98. The Kier molecular flexibility index (Phi) is 2.73. The summed E-state index contributed by atoms with van der Waals surface area (Å²) in [5.41, 5.74) is 0. The van der Waals surface area contributed by atoms with Gasteiger partial charge in [-0.25, -0.2) is 0 Å². The Morgan fingerprint density at radius 1 is 0.636 bits per heavy atom. The third kappa shape index (κ3) is 1.96. The van der Waals surface area contributed by atoms with Gasteiger partial charge < -0.3 is 0 Å². The van der Waals surface area contributed by atoms with Crippen LogP contribution in [-0.4, -0.2) is 13.0 Å². The highest BCUT2D eigenvalue weighted by atomic mass is 32.2. The summed E-state index contributed by atoms with van der Waals surface area (Å²) in [5, 5.41) is 5.60. The molecule has 0 atom stereocenters. The largest absolute Gasteiger partial charge is 0.295 e. The van der Waals surface area contributed by atoms with Crippen LogP contribution in [-0.2, 0) is 10.1 Å². The Morgan fingerprint density at radius 2 is 1.36 bits per heavy atom. The summed E-state index contributed by atoms with van der Waals surface area (Å²) >= 11 is 0. The minimum atomic E-state index is -4.24. The fraction of sp³-hybridized carbons (Fsp3) is 0. The van der Waals surface area contributed by atoms with Crippen LogP contribution in [0.4, 0.5) is 0 Å². The van der Waals surface area contributed by atoms with Gasteiger partial charge in [-0.2, -0.15) is 8.42 Å². The smallest absolute Gasteiger partial charge is 0.282 e. The van der Waals surface area contributed by atoms with Crippen molar-refractivity contribution in [3.05, 3.63) is 66.7 Å². The minimum absolute atomic E-state index is 0.0555. The summed E-state index contributed by atoms with van der Waals surface area (Å²) in [6.07, 6.45) is 0. The van der Waals surface area contributed by atoms with Gasteiger partial charge in [-0.3, -0.25) is 4.55 Å². The molecule has 1 N–H and O–H groups in total. The third-order valence-corrected chi connectivity index (χ3v) is 4.89. The Bertz CT molecular complexity index is 1140. The van der Waals surface area contributed by atoms with Crippen LogP contribution >= 0.6 is 0 Å². The molecule has 0 aromatic heterocycles. The quantitative estimate of drug-likeness (QED) is 0.322. The Balaban J connectivity index is 2.22. The van der Waals surface area contributed by atoms with Crippen LogP contribution < -0.4 is 0 Å². The minimum Gasteiger partial charge on any atom is -0.282 e. The van der Waals surface area contributed by atoms with E-state index in [1.807, 2.05) is 36.4 Å². The Labute approximate surface area is 127 Å². The van der Waals surface area contributed by atoms with Crippen molar-refractivity contribution < 1.29 is 13.0 Å². The molecule has 0 unspecified atom stereocenters. The molecule has 0 bridgehead atoms. The molecule has 0 amide bonds. The molecule has 0 saturated carbocycles. The zero-order valence-electron chi connectivity index (χ0n) is 11.5. The van der Waals surface area contributed by atoms with Crippen molar-refractivity contribution in [2.75, 3.05) is 0 Å². The van der Waals surface area contributed by atoms with Gasteiger partial charge in [-0.1, -0.05) is 48.5 Å². The topological polar surface area (TPSA) is 54.4 Å². The van der Waals surface area contributed by atoms with E-state index < -0.39 is 10.1 Å². The molecule has 108 valence electrons. The van der Waals surface area contributed by atoms with Gasteiger partial charge >= 0.3 is 0 Å². The van der Waals surface area contributed by atoms with Gasteiger partial charge in [0.05, 0.1) is 0 Å². The van der Waals surface area contributed by atoms with Crippen LogP contribution in [0.3, 0.4) is 0 Å². The first kappa shape index (κ1) is 13.2. The van der Waals surface area contributed by atoms with E-state index >= 15 is 0 Å². The highest BCUT2D eigenvalue weighted by Gasteiger charge is 2.14. The number of hydrogen-bond donors (Lipinski definition) is 1. The van der Waals surface area contributed by atoms with E-state index in [4.69, 9.17) is 0 Å². The summed E-state index contributed by atoms with van der Waals surface area (Å²) in [6, 6.07) is 20.8. The number of benzene rings is 4. The lowest BCUT2D eigenvalue weighted by molar-refractivity contribution is 0.484. The predicted molar refractivity (Wildman–Crippen MR) is 88.8 cm³/mol.